The molecule has 1 amide bonds. The molecule has 132 valence electrons. The first-order valence-corrected chi connectivity index (χ1v) is 8.65. The maximum absolute atomic E-state index is 12.4. The average molecular weight is 349 g/mol. The minimum atomic E-state index is -0.115. The Morgan fingerprint density at radius 1 is 1.12 bits per heavy atom. The number of nitrogens with one attached hydrogen (secondary N) is 1. The number of aromatic nitrogens is 3. The SMILES string of the molecule is O=C(Nc1ccon1)C1CCCN(c2ccc(-c3ccccc3)nn2)C1. The molecule has 1 aromatic carbocycles. The quantitative estimate of drug-likeness (QED) is 0.779. The zero-order valence-electron chi connectivity index (χ0n) is 14.2. The number of amides is 1. The Hall–Kier alpha value is -3.22. The molecule has 0 aliphatic carbocycles. The molecular weight excluding hydrogens is 330 g/mol. The molecule has 1 aliphatic heterocycles. The van der Waals surface area contributed by atoms with E-state index in [4.69, 9.17) is 4.52 Å². The fourth-order valence-corrected chi connectivity index (χ4v) is 3.16. The highest BCUT2D eigenvalue weighted by Crippen LogP contribution is 2.24. The van der Waals surface area contributed by atoms with Crippen molar-refractivity contribution in [1.82, 2.24) is 15.4 Å². The molecule has 0 saturated carbocycles. The van der Waals surface area contributed by atoms with E-state index in [1.165, 1.54) is 6.26 Å². The molecule has 1 saturated heterocycles. The molecule has 3 heterocycles. The van der Waals surface area contributed by atoms with Crippen LogP contribution in [0.2, 0.25) is 0 Å². The van der Waals surface area contributed by atoms with Crippen LogP contribution in [0.5, 0.6) is 0 Å². The highest BCUT2D eigenvalue weighted by atomic mass is 16.5. The van der Waals surface area contributed by atoms with Gasteiger partial charge in [0.2, 0.25) is 5.91 Å². The number of benzene rings is 1. The first-order valence-electron chi connectivity index (χ1n) is 8.65. The molecule has 1 aliphatic rings. The fraction of sp³-hybridized carbons (Fsp3) is 0.263. The Bertz CT molecular complexity index is 849. The van der Waals surface area contributed by atoms with E-state index in [1.54, 1.807) is 6.07 Å². The van der Waals surface area contributed by atoms with Gasteiger partial charge >= 0.3 is 0 Å². The van der Waals surface area contributed by atoms with Gasteiger partial charge in [0, 0.05) is 24.7 Å². The summed E-state index contributed by atoms with van der Waals surface area (Å²) in [6.07, 6.45) is 3.21. The van der Waals surface area contributed by atoms with Crippen molar-refractivity contribution in [3.05, 3.63) is 54.8 Å². The molecule has 1 fully saturated rings. The third-order valence-corrected chi connectivity index (χ3v) is 4.53. The Morgan fingerprint density at radius 2 is 2.00 bits per heavy atom. The van der Waals surface area contributed by atoms with E-state index in [0.717, 1.165) is 36.5 Å². The van der Waals surface area contributed by atoms with Crippen molar-refractivity contribution in [3.63, 3.8) is 0 Å². The summed E-state index contributed by atoms with van der Waals surface area (Å²) in [5, 5.41) is 15.2. The van der Waals surface area contributed by atoms with Crippen LogP contribution in [0.4, 0.5) is 11.6 Å². The van der Waals surface area contributed by atoms with Gasteiger partial charge in [-0.15, -0.1) is 10.2 Å². The number of hydrogen-bond donors (Lipinski definition) is 1. The summed E-state index contributed by atoms with van der Waals surface area (Å²) < 4.78 is 4.75. The van der Waals surface area contributed by atoms with Crippen LogP contribution in [0.1, 0.15) is 12.8 Å². The van der Waals surface area contributed by atoms with Gasteiger partial charge in [-0.3, -0.25) is 4.79 Å². The van der Waals surface area contributed by atoms with Crippen LogP contribution in [-0.4, -0.2) is 34.4 Å². The van der Waals surface area contributed by atoms with Gasteiger partial charge in [-0.05, 0) is 25.0 Å². The molecule has 2 aromatic heterocycles. The van der Waals surface area contributed by atoms with Crippen molar-refractivity contribution in [2.45, 2.75) is 12.8 Å². The van der Waals surface area contributed by atoms with Crippen molar-refractivity contribution in [2.24, 2.45) is 5.92 Å². The van der Waals surface area contributed by atoms with E-state index in [0.29, 0.717) is 12.4 Å². The lowest BCUT2D eigenvalue weighted by Crippen LogP contribution is -2.41. The second-order valence-corrected chi connectivity index (χ2v) is 6.30. The standard InChI is InChI=1S/C19H19N5O2/c25-19(20-17-10-12-26-23-17)15-7-4-11-24(13-15)18-9-8-16(21-22-18)14-5-2-1-3-6-14/h1-3,5-6,8-10,12,15H,4,7,11,13H2,(H,20,23,25). The van der Waals surface area contributed by atoms with Crippen LogP contribution in [0.25, 0.3) is 11.3 Å². The number of rotatable bonds is 4. The zero-order valence-corrected chi connectivity index (χ0v) is 14.2. The maximum atomic E-state index is 12.4. The second kappa shape index (κ2) is 7.35. The fourth-order valence-electron chi connectivity index (χ4n) is 3.16. The predicted molar refractivity (Wildman–Crippen MR) is 97.5 cm³/mol. The van der Waals surface area contributed by atoms with Crippen molar-refractivity contribution < 1.29 is 9.32 Å². The normalized spacial score (nSPS) is 17.1. The van der Waals surface area contributed by atoms with Gasteiger partial charge in [0.15, 0.2) is 11.6 Å². The van der Waals surface area contributed by atoms with Crippen LogP contribution in [0, 0.1) is 5.92 Å². The lowest BCUT2D eigenvalue weighted by molar-refractivity contribution is -0.120. The predicted octanol–water partition coefficient (Wildman–Crippen LogP) is 2.99. The maximum Gasteiger partial charge on any atom is 0.230 e. The van der Waals surface area contributed by atoms with Gasteiger partial charge in [0.25, 0.3) is 0 Å². The average Bonchev–Trinajstić information content (AvgIpc) is 3.22. The van der Waals surface area contributed by atoms with E-state index < -0.39 is 0 Å². The Labute approximate surface area is 151 Å². The number of piperidine rings is 1. The molecule has 1 unspecified atom stereocenters. The van der Waals surface area contributed by atoms with Gasteiger partial charge in [-0.2, -0.15) is 0 Å². The van der Waals surface area contributed by atoms with E-state index in [-0.39, 0.29) is 11.8 Å². The molecule has 1 atom stereocenters. The van der Waals surface area contributed by atoms with Crippen LogP contribution in [0.15, 0.2) is 59.3 Å². The molecule has 7 heteroatoms. The van der Waals surface area contributed by atoms with E-state index in [1.807, 2.05) is 42.5 Å². The van der Waals surface area contributed by atoms with Crippen molar-refractivity contribution >= 4 is 17.5 Å². The third-order valence-electron chi connectivity index (χ3n) is 4.53. The van der Waals surface area contributed by atoms with Crippen molar-refractivity contribution in [1.29, 1.82) is 0 Å². The van der Waals surface area contributed by atoms with E-state index in [9.17, 15) is 4.79 Å². The molecule has 0 bridgehead atoms. The molecule has 7 nitrogen and oxygen atoms in total. The largest absolute Gasteiger partial charge is 0.363 e. The van der Waals surface area contributed by atoms with E-state index >= 15 is 0 Å². The Morgan fingerprint density at radius 3 is 2.73 bits per heavy atom. The summed E-state index contributed by atoms with van der Waals surface area (Å²) in [6, 6.07) is 15.5. The van der Waals surface area contributed by atoms with E-state index in [2.05, 4.69) is 25.6 Å². The highest BCUT2D eigenvalue weighted by Gasteiger charge is 2.27. The summed E-state index contributed by atoms with van der Waals surface area (Å²) in [7, 11) is 0. The molecule has 3 aromatic rings. The highest BCUT2D eigenvalue weighted by molar-refractivity contribution is 5.92. The first kappa shape index (κ1) is 16.3. The van der Waals surface area contributed by atoms with Crippen LogP contribution < -0.4 is 10.2 Å². The monoisotopic (exact) mass is 349 g/mol. The van der Waals surface area contributed by atoms with Crippen molar-refractivity contribution in [2.75, 3.05) is 23.3 Å². The van der Waals surface area contributed by atoms with Gasteiger partial charge in [-0.25, -0.2) is 0 Å². The third kappa shape index (κ3) is 3.56. The Kier molecular flexibility index (Phi) is 4.59. The van der Waals surface area contributed by atoms with Crippen molar-refractivity contribution in [3.8, 4) is 11.3 Å². The molecule has 0 radical (unpaired) electrons. The van der Waals surface area contributed by atoms with Gasteiger partial charge < -0.3 is 14.7 Å². The topological polar surface area (TPSA) is 84.2 Å². The molecule has 26 heavy (non-hydrogen) atoms. The lowest BCUT2D eigenvalue weighted by Gasteiger charge is -2.32. The summed E-state index contributed by atoms with van der Waals surface area (Å²) in [4.78, 5) is 14.5. The van der Waals surface area contributed by atoms with Gasteiger partial charge in [-0.1, -0.05) is 35.5 Å². The molecule has 0 spiro atoms. The lowest BCUT2D eigenvalue weighted by atomic mass is 9.97. The zero-order chi connectivity index (χ0) is 17.8. The number of hydrogen-bond acceptors (Lipinski definition) is 6. The molecule has 4 rings (SSSR count). The second-order valence-electron chi connectivity index (χ2n) is 6.30. The summed E-state index contributed by atoms with van der Waals surface area (Å²) >= 11 is 0. The smallest absolute Gasteiger partial charge is 0.230 e. The summed E-state index contributed by atoms with van der Waals surface area (Å²) in [6.45, 7) is 1.48. The molecule has 1 N–H and O–H groups in total. The minimum absolute atomic E-state index is 0.0440. The van der Waals surface area contributed by atoms with Crippen LogP contribution in [-0.2, 0) is 4.79 Å². The number of nitrogens with zero attached hydrogens (tertiary/aromatic N) is 4. The van der Waals surface area contributed by atoms with Crippen LogP contribution in [0.3, 0.4) is 0 Å². The van der Waals surface area contributed by atoms with Crippen LogP contribution >= 0.6 is 0 Å². The minimum Gasteiger partial charge on any atom is -0.363 e. The number of carbonyl (C=O) groups excluding carboxylic acids is 1. The number of anilines is 2. The molecular formula is C19H19N5O2. The van der Waals surface area contributed by atoms with Gasteiger partial charge in [0.05, 0.1) is 11.6 Å². The summed E-state index contributed by atoms with van der Waals surface area (Å²) in [5.41, 5.74) is 1.88. The Balaban J connectivity index is 1.43. The number of carbonyl (C=O) groups is 1. The first-order chi connectivity index (χ1) is 12.8. The van der Waals surface area contributed by atoms with Gasteiger partial charge in [0.1, 0.15) is 6.26 Å². The summed E-state index contributed by atoms with van der Waals surface area (Å²) in [5.74, 6) is 1.08.